The second-order valence-electron chi connectivity index (χ2n) is 4.26. The predicted molar refractivity (Wildman–Crippen MR) is 70.7 cm³/mol. The van der Waals surface area contributed by atoms with E-state index in [2.05, 4.69) is 5.32 Å². The standard InChI is InChI=1S/C13H19FN2O3/c1-3-15-11(9-19-2)8-7-10-5-4-6-12(13(10)14)16(17)18/h4-6,11,15H,3,7-9H2,1-2H3. The number of nitrogens with zero attached hydrogens (tertiary/aromatic N) is 1. The van der Waals surface area contributed by atoms with Crippen LogP contribution in [0.3, 0.4) is 0 Å². The summed E-state index contributed by atoms with van der Waals surface area (Å²) in [7, 11) is 1.61. The Balaban J connectivity index is 2.71. The van der Waals surface area contributed by atoms with E-state index >= 15 is 0 Å². The molecule has 1 N–H and O–H groups in total. The van der Waals surface area contributed by atoms with E-state index < -0.39 is 16.4 Å². The Morgan fingerprint density at radius 2 is 2.26 bits per heavy atom. The fraction of sp³-hybridized carbons (Fsp3) is 0.538. The molecule has 19 heavy (non-hydrogen) atoms. The number of rotatable bonds is 8. The van der Waals surface area contributed by atoms with Crippen LogP contribution >= 0.6 is 0 Å². The lowest BCUT2D eigenvalue weighted by Crippen LogP contribution is -2.33. The fourth-order valence-electron chi connectivity index (χ4n) is 1.96. The summed E-state index contributed by atoms with van der Waals surface area (Å²) in [5.74, 6) is -0.736. The van der Waals surface area contributed by atoms with Crippen molar-refractivity contribution in [3.05, 3.63) is 39.7 Å². The van der Waals surface area contributed by atoms with Gasteiger partial charge in [-0.05, 0) is 24.9 Å². The van der Waals surface area contributed by atoms with Gasteiger partial charge in [-0.3, -0.25) is 10.1 Å². The molecular weight excluding hydrogens is 251 g/mol. The van der Waals surface area contributed by atoms with Gasteiger partial charge in [0.1, 0.15) is 0 Å². The maximum Gasteiger partial charge on any atom is 0.305 e. The third-order valence-electron chi connectivity index (χ3n) is 2.88. The van der Waals surface area contributed by atoms with E-state index in [-0.39, 0.29) is 6.04 Å². The van der Waals surface area contributed by atoms with Crippen LogP contribution in [-0.2, 0) is 11.2 Å². The van der Waals surface area contributed by atoms with E-state index in [1.165, 1.54) is 12.1 Å². The molecule has 6 heteroatoms. The van der Waals surface area contributed by atoms with Crippen LogP contribution in [0.5, 0.6) is 0 Å². The molecule has 5 nitrogen and oxygen atoms in total. The summed E-state index contributed by atoms with van der Waals surface area (Å²) in [6.07, 6.45) is 1.11. The molecule has 1 unspecified atom stereocenters. The average Bonchev–Trinajstić information content (AvgIpc) is 2.37. The van der Waals surface area contributed by atoms with Crippen LogP contribution < -0.4 is 5.32 Å². The minimum absolute atomic E-state index is 0.119. The van der Waals surface area contributed by atoms with Crippen molar-refractivity contribution in [2.75, 3.05) is 20.3 Å². The Labute approximate surface area is 111 Å². The van der Waals surface area contributed by atoms with Gasteiger partial charge in [-0.25, -0.2) is 0 Å². The van der Waals surface area contributed by atoms with Crippen molar-refractivity contribution >= 4 is 5.69 Å². The molecule has 0 aliphatic heterocycles. The SMILES string of the molecule is CCNC(CCc1cccc([N+](=O)[O-])c1F)COC. The van der Waals surface area contributed by atoms with E-state index in [1.807, 2.05) is 6.92 Å². The van der Waals surface area contributed by atoms with Crippen molar-refractivity contribution in [3.63, 3.8) is 0 Å². The molecule has 1 aromatic rings. The minimum atomic E-state index is -0.736. The summed E-state index contributed by atoms with van der Waals surface area (Å²) in [5.41, 5.74) is -0.0996. The summed E-state index contributed by atoms with van der Waals surface area (Å²) >= 11 is 0. The van der Waals surface area contributed by atoms with Crippen LogP contribution in [0.2, 0.25) is 0 Å². The second kappa shape index (κ2) is 7.81. The molecule has 0 aromatic heterocycles. The maximum atomic E-state index is 13.9. The Bertz CT molecular complexity index is 420. The van der Waals surface area contributed by atoms with Crippen molar-refractivity contribution in [2.45, 2.75) is 25.8 Å². The molecule has 0 aliphatic carbocycles. The van der Waals surface area contributed by atoms with E-state index in [4.69, 9.17) is 4.74 Å². The van der Waals surface area contributed by atoms with Gasteiger partial charge in [-0.15, -0.1) is 0 Å². The number of hydrogen-bond donors (Lipinski definition) is 1. The van der Waals surface area contributed by atoms with Crippen molar-refractivity contribution in [2.24, 2.45) is 0 Å². The first-order chi connectivity index (χ1) is 9.10. The van der Waals surface area contributed by atoms with Gasteiger partial charge < -0.3 is 10.1 Å². The number of methoxy groups -OCH3 is 1. The van der Waals surface area contributed by atoms with Crippen LogP contribution in [0.25, 0.3) is 0 Å². The van der Waals surface area contributed by atoms with Gasteiger partial charge in [0, 0.05) is 19.2 Å². The third kappa shape index (κ3) is 4.57. The smallest absolute Gasteiger partial charge is 0.305 e. The fourth-order valence-corrected chi connectivity index (χ4v) is 1.96. The minimum Gasteiger partial charge on any atom is -0.383 e. The van der Waals surface area contributed by atoms with Crippen LogP contribution in [0.15, 0.2) is 18.2 Å². The Hall–Kier alpha value is -1.53. The summed E-state index contributed by atoms with van der Waals surface area (Å²) in [6, 6.07) is 4.39. The lowest BCUT2D eigenvalue weighted by atomic mass is 10.0. The summed E-state index contributed by atoms with van der Waals surface area (Å²) in [6.45, 7) is 3.31. The molecule has 0 bridgehead atoms. The molecule has 0 heterocycles. The highest BCUT2D eigenvalue weighted by molar-refractivity contribution is 5.36. The molecule has 0 spiro atoms. The molecule has 0 amide bonds. The lowest BCUT2D eigenvalue weighted by Gasteiger charge is -2.16. The van der Waals surface area contributed by atoms with Crippen molar-refractivity contribution < 1.29 is 14.1 Å². The average molecular weight is 270 g/mol. The molecule has 0 radical (unpaired) electrons. The monoisotopic (exact) mass is 270 g/mol. The van der Waals surface area contributed by atoms with Crippen molar-refractivity contribution in [1.29, 1.82) is 0 Å². The van der Waals surface area contributed by atoms with E-state index in [0.29, 0.717) is 25.0 Å². The van der Waals surface area contributed by atoms with Crippen LogP contribution in [0.4, 0.5) is 10.1 Å². The topological polar surface area (TPSA) is 64.4 Å². The molecule has 0 aliphatic rings. The molecule has 0 saturated carbocycles. The number of ether oxygens (including phenoxy) is 1. The number of aryl methyl sites for hydroxylation is 1. The largest absolute Gasteiger partial charge is 0.383 e. The van der Waals surface area contributed by atoms with Gasteiger partial charge in [-0.1, -0.05) is 19.1 Å². The Morgan fingerprint density at radius 1 is 1.53 bits per heavy atom. The first kappa shape index (κ1) is 15.5. The van der Waals surface area contributed by atoms with E-state index in [0.717, 1.165) is 6.54 Å². The number of nitro groups is 1. The first-order valence-corrected chi connectivity index (χ1v) is 6.24. The highest BCUT2D eigenvalue weighted by Gasteiger charge is 2.17. The molecule has 0 fully saturated rings. The highest BCUT2D eigenvalue weighted by Crippen LogP contribution is 2.21. The second-order valence-corrected chi connectivity index (χ2v) is 4.26. The first-order valence-electron chi connectivity index (χ1n) is 6.24. The Kier molecular flexibility index (Phi) is 6.38. The number of hydrogen-bond acceptors (Lipinski definition) is 4. The number of likely N-dealkylation sites (N-methyl/N-ethyl adjacent to an activating group) is 1. The normalized spacial score (nSPS) is 12.4. The van der Waals surface area contributed by atoms with E-state index in [9.17, 15) is 14.5 Å². The molecule has 1 rings (SSSR count). The molecule has 1 aromatic carbocycles. The molecule has 106 valence electrons. The van der Waals surface area contributed by atoms with Crippen LogP contribution in [0, 0.1) is 15.9 Å². The zero-order chi connectivity index (χ0) is 14.3. The highest BCUT2D eigenvalue weighted by atomic mass is 19.1. The van der Waals surface area contributed by atoms with Gasteiger partial charge in [0.25, 0.3) is 0 Å². The summed E-state index contributed by atoms with van der Waals surface area (Å²) < 4.78 is 18.9. The lowest BCUT2D eigenvalue weighted by molar-refractivity contribution is -0.387. The zero-order valence-corrected chi connectivity index (χ0v) is 11.2. The maximum absolute atomic E-state index is 13.9. The summed E-state index contributed by atoms with van der Waals surface area (Å²) in [4.78, 5) is 9.95. The van der Waals surface area contributed by atoms with Gasteiger partial charge in [0.2, 0.25) is 5.82 Å². The number of halogens is 1. The van der Waals surface area contributed by atoms with Crippen molar-refractivity contribution in [3.8, 4) is 0 Å². The van der Waals surface area contributed by atoms with Gasteiger partial charge in [0.15, 0.2) is 0 Å². The van der Waals surface area contributed by atoms with Gasteiger partial charge >= 0.3 is 5.69 Å². The number of nitrogens with one attached hydrogen (secondary N) is 1. The number of nitro benzene ring substituents is 1. The van der Waals surface area contributed by atoms with E-state index in [1.54, 1.807) is 13.2 Å². The molecule has 1 atom stereocenters. The third-order valence-corrected chi connectivity index (χ3v) is 2.88. The quantitative estimate of drug-likeness (QED) is 0.581. The number of benzene rings is 1. The van der Waals surface area contributed by atoms with Gasteiger partial charge in [-0.2, -0.15) is 4.39 Å². The van der Waals surface area contributed by atoms with Crippen molar-refractivity contribution in [1.82, 2.24) is 5.32 Å². The van der Waals surface area contributed by atoms with Gasteiger partial charge in [0.05, 0.1) is 11.5 Å². The predicted octanol–water partition coefficient (Wildman–Crippen LogP) is 2.29. The molecule has 0 saturated heterocycles. The van der Waals surface area contributed by atoms with Crippen LogP contribution in [-0.4, -0.2) is 31.2 Å². The van der Waals surface area contributed by atoms with Crippen LogP contribution in [0.1, 0.15) is 18.9 Å². The molecular formula is C13H19FN2O3. The summed E-state index contributed by atoms with van der Waals surface area (Å²) in [5, 5.41) is 13.9. The Morgan fingerprint density at radius 3 is 2.84 bits per heavy atom. The zero-order valence-electron chi connectivity index (χ0n) is 11.2.